The molecule has 1 amide bonds. The number of ether oxygens (including phenoxy) is 1. The summed E-state index contributed by atoms with van der Waals surface area (Å²) < 4.78 is 6.99. The Bertz CT molecular complexity index is 584. The van der Waals surface area contributed by atoms with Crippen LogP contribution in [-0.4, -0.2) is 33.3 Å². The van der Waals surface area contributed by atoms with Crippen LogP contribution in [0.5, 0.6) is 5.75 Å². The first-order valence-corrected chi connectivity index (χ1v) is 6.99. The molecule has 112 valence electrons. The summed E-state index contributed by atoms with van der Waals surface area (Å²) in [4.78, 5) is 15.6. The molecular weight excluding hydrogens is 315 g/mol. The molecule has 0 aliphatic rings. The van der Waals surface area contributed by atoms with E-state index in [0.29, 0.717) is 22.3 Å². The Balaban J connectivity index is 1.79. The van der Waals surface area contributed by atoms with E-state index in [0.717, 1.165) is 0 Å². The van der Waals surface area contributed by atoms with E-state index in [-0.39, 0.29) is 18.6 Å². The quantitative estimate of drug-likeness (QED) is 0.882. The van der Waals surface area contributed by atoms with Crippen molar-refractivity contribution in [1.82, 2.24) is 20.1 Å². The summed E-state index contributed by atoms with van der Waals surface area (Å²) in [5.74, 6) is 0.213. The molecule has 0 radical (unpaired) electrons. The van der Waals surface area contributed by atoms with Gasteiger partial charge >= 0.3 is 0 Å². The van der Waals surface area contributed by atoms with Crippen LogP contribution in [0.15, 0.2) is 30.9 Å². The molecule has 0 aliphatic carbocycles. The van der Waals surface area contributed by atoms with Gasteiger partial charge in [0.1, 0.15) is 18.4 Å². The average Bonchev–Trinajstić information content (AvgIpc) is 2.88. The van der Waals surface area contributed by atoms with Crippen LogP contribution in [0.3, 0.4) is 0 Å². The van der Waals surface area contributed by atoms with Gasteiger partial charge in [-0.3, -0.25) is 9.48 Å². The van der Waals surface area contributed by atoms with Crippen molar-refractivity contribution in [2.75, 3.05) is 6.61 Å². The number of nitrogens with zero attached hydrogens (tertiary/aromatic N) is 3. The summed E-state index contributed by atoms with van der Waals surface area (Å²) >= 11 is 11.7. The molecule has 8 heteroatoms. The highest BCUT2D eigenvalue weighted by molar-refractivity contribution is 6.34. The average molecular weight is 329 g/mol. The predicted molar refractivity (Wildman–Crippen MR) is 79.6 cm³/mol. The van der Waals surface area contributed by atoms with E-state index in [9.17, 15) is 4.79 Å². The number of nitrogens with one attached hydrogen (secondary N) is 1. The maximum Gasteiger partial charge on any atom is 0.258 e. The molecule has 1 aromatic carbocycles. The Labute approximate surface area is 132 Å². The van der Waals surface area contributed by atoms with Crippen molar-refractivity contribution in [1.29, 1.82) is 0 Å². The minimum Gasteiger partial charge on any atom is -0.484 e. The first kappa shape index (κ1) is 15.6. The summed E-state index contributed by atoms with van der Waals surface area (Å²) in [6.07, 6.45) is 3.04. The summed E-state index contributed by atoms with van der Waals surface area (Å²) in [6, 6.07) is 4.70. The van der Waals surface area contributed by atoms with E-state index >= 15 is 0 Å². The van der Waals surface area contributed by atoms with Crippen LogP contribution in [-0.2, 0) is 11.3 Å². The molecule has 1 atom stereocenters. The Kier molecular flexibility index (Phi) is 5.41. The minimum atomic E-state index is -0.237. The highest BCUT2D eigenvalue weighted by Crippen LogP contribution is 2.23. The molecule has 0 unspecified atom stereocenters. The van der Waals surface area contributed by atoms with Crippen LogP contribution in [0.4, 0.5) is 0 Å². The number of carbonyl (C=O) groups is 1. The van der Waals surface area contributed by atoms with Gasteiger partial charge in [-0.25, -0.2) is 4.98 Å². The van der Waals surface area contributed by atoms with Crippen LogP contribution < -0.4 is 10.1 Å². The Morgan fingerprint density at radius 1 is 1.38 bits per heavy atom. The number of hydrogen-bond donors (Lipinski definition) is 1. The second kappa shape index (κ2) is 7.28. The lowest BCUT2D eigenvalue weighted by Crippen LogP contribution is -2.38. The first-order chi connectivity index (χ1) is 10.0. The summed E-state index contributed by atoms with van der Waals surface area (Å²) in [5.41, 5.74) is 0. The van der Waals surface area contributed by atoms with Crippen LogP contribution in [0.25, 0.3) is 0 Å². The fourth-order valence-electron chi connectivity index (χ4n) is 1.73. The van der Waals surface area contributed by atoms with Crippen LogP contribution in [0, 0.1) is 0 Å². The number of halogens is 2. The van der Waals surface area contributed by atoms with Gasteiger partial charge in [0.2, 0.25) is 0 Å². The van der Waals surface area contributed by atoms with Gasteiger partial charge in [0.05, 0.1) is 6.54 Å². The number of amides is 1. The molecule has 0 bridgehead atoms. The maximum absolute atomic E-state index is 11.8. The van der Waals surface area contributed by atoms with Gasteiger partial charge in [0.15, 0.2) is 6.61 Å². The monoisotopic (exact) mass is 328 g/mol. The van der Waals surface area contributed by atoms with Gasteiger partial charge in [-0.05, 0) is 25.1 Å². The molecule has 0 fully saturated rings. The highest BCUT2D eigenvalue weighted by atomic mass is 35.5. The van der Waals surface area contributed by atoms with Crippen LogP contribution in [0.1, 0.15) is 6.92 Å². The SMILES string of the molecule is C[C@@H](Cn1cncn1)NC(=O)COc1cc(Cl)cc(Cl)c1. The zero-order valence-electron chi connectivity index (χ0n) is 11.3. The van der Waals surface area contributed by atoms with Gasteiger partial charge in [-0.15, -0.1) is 0 Å². The van der Waals surface area contributed by atoms with Crippen molar-refractivity contribution in [3.63, 3.8) is 0 Å². The Morgan fingerprint density at radius 2 is 2.10 bits per heavy atom. The largest absolute Gasteiger partial charge is 0.484 e. The van der Waals surface area contributed by atoms with E-state index in [2.05, 4.69) is 15.4 Å². The number of carbonyl (C=O) groups excluding carboxylic acids is 1. The normalized spacial score (nSPS) is 12.0. The number of aromatic nitrogens is 3. The first-order valence-electron chi connectivity index (χ1n) is 6.23. The molecule has 1 aromatic heterocycles. The molecule has 0 saturated carbocycles. The van der Waals surface area contributed by atoms with E-state index in [4.69, 9.17) is 27.9 Å². The van der Waals surface area contributed by atoms with E-state index in [1.807, 2.05) is 6.92 Å². The highest BCUT2D eigenvalue weighted by Gasteiger charge is 2.09. The number of hydrogen-bond acceptors (Lipinski definition) is 4. The lowest BCUT2D eigenvalue weighted by atomic mass is 10.3. The third-order valence-electron chi connectivity index (χ3n) is 2.54. The van der Waals surface area contributed by atoms with Crippen molar-refractivity contribution < 1.29 is 9.53 Å². The van der Waals surface area contributed by atoms with Gasteiger partial charge in [0, 0.05) is 16.1 Å². The third-order valence-corrected chi connectivity index (χ3v) is 2.98. The molecule has 21 heavy (non-hydrogen) atoms. The van der Waals surface area contributed by atoms with Gasteiger partial charge in [-0.1, -0.05) is 23.2 Å². The molecular formula is C13H14Cl2N4O2. The van der Waals surface area contributed by atoms with Crippen molar-refractivity contribution in [2.24, 2.45) is 0 Å². The van der Waals surface area contributed by atoms with Crippen molar-refractivity contribution >= 4 is 29.1 Å². The van der Waals surface area contributed by atoms with Gasteiger partial charge < -0.3 is 10.1 Å². The van der Waals surface area contributed by atoms with Crippen molar-refractivity contribution in [2.45, 2.75) is 19.5 Å². The second-order valence-corrected chi connectivity index (χ2v) is 5.35. The van der Waals surface area contributed by atoms with Crippen molar-refractivity contribution in [3.8, 4) is 5.75 Å². The Morgan fingerprint density at radius 3 is 2.71 bits per heavy atom. The zero-order chi connectivity index (χ0) is 15.2. The summed E-state index contributed by atoms with van der Waals surface area (Å²) in [5, 5.41) is 7.68. The standard InChI is InChI=1S/C13H14Cl2N4O2/c1-9(5-19-8-16-7-17-19)18-13(20)6-21-12-3-10(14)2-11(15)4-12/h2-4,7-9H,5-6H2,1H3,(H,18,20)/t9-/m0/s1. The molecule has 0 aliphatic heterocycles. The molecule has 6 nitrogen and oxygen atoms in total. The molecule has 1 N–H and O–H groups in total. The maximum atomic E-state index is 11.8. The smallest absolute Gasteiger partial charge is 0.258 e. The Hall–Kier alpha value is -1.79. The number of rotatable bonds is 6. The molecule has 2 rings (SSSR count). The van der Waals surface area contributed by atoms with Crippen molar-refractivity contribution in [3.05, 3.63) is 40.9 Å². The fraction of sp³-hybridized carbons (Fsp3) is 0.308. The number of benzene rings is 1. The second-order valence-electron chi connectivity index (χ2n) is 4.48. The summed E-state index contributed by atoms with van der Waals surface area (Å²) in [6.45, 7) is 2.29. The van der Waals surface area contributed by atoms with E-state index in [1.165, 1.54) is 6.33 Å². The fourth-order valence-corrected chi connectivity index (χ4v) is 2.24. The molecule has 1 heterocycles. The predicted octanol–water partition coefficient (Wildman–Crippen LogP) is 2.17. The zero-order valence-corrected chi connectivity index (χ0v) is 12.8. The van der Waals surface area contributed by atoms with Crippen LogP contribution in [0.2, 0.25) is 10.0 Å². The van der Waals surface area contributed by atoms with Crippen LogP contribution >= 0.6 is 23.2 Å². The van der Waals surface area contributed by atoms with E-state index < -0.39 is 0 Å². The lowest BCUT2D eigenvalue weighted by Gasteiger charge is -2.14. The summed E-state index contributed by atoms with van der Waals surface area (Å²) in [7, 11) is 0. The molecule has 2 aromatic rings. The lowest BCUT2D eigenvalue weighted by molar-refractivity contribution is -0.123. The third kappa shape index (κ3) is 5.24. The molecule has 0 spiro atoms. The van der Waals surface area contributed by atoms with E-state index in [1.54, 1.807) is 29.2 Å². The topological polar surface area (TPSA) is 69.0 Å². The minimum absolute atomic E-state index is 0.0919. The molecule has 0 saturated heterocycles. The van der Waals surface area contributed by atoms with Gasteiger partial charge in [0.25, 0.3) is 5.91 Å². The van der Waals surface area contributed by atoms with Gasteiger partial charge in [-0.2, -0.15) is 5.10 Å².